The predicted molar refractivity (Wildman–Crippen MR) is 68.1 cm³/mol. The third kappa shape index (κ3) is 3.06. The molecule has 0 aliphatic carbocycles. The minimum atomic E-state index is -1.70. The second kappa shape index (κ2) is 4.41. The molecule has 0 radical (unpaired) electrons. The molecule has 16 heavy (non-hydrogen) atoms. The Balaban J connectivity index is 2.52. The number of ether oxygens (including phenoxy) is 1. The van der Waals surface area contributed by atoms with E-state index >= 15 is 0 Å². The molecule has 0 aromatic carbocycles. The van der Waals surface area contributed by atoms with Crippen LogP contribution in [0.4, 0.5) is 0 Å². The Labute approximate surface area is 100 Å². The summed E-state index contributed by atoms with van der Waals surface area (Å²) in [4.78, 5) is 0. The van der Waals surface area contributed by atoms with Crippen LogP contribution in [0.15, 0.2) is 0 Å². The lowest BCUT2D eigenvalue weighted by Crippen LogP contribution is -2.45. The summed E-state index contributed by atoms with van der Waals surface area (Å²) < 4.78 is 11.4. The van der Waals surface area contributed by atoms with Gasteiger partial charge in [-0.05, 0) is 25.1 Å². The van der Waals surface area contributed by atoms with Gasteiger partial charge < -0.3 is 14.3 Å². The van der Waals surface area contributed by atoms with Crippen molar-refractivity contribution in [2.24, 2.45) is 5.92 Å². The van der Waals surface area contributed by atoms with E-state index in [0.717, 1.165) is 0 Å². The van der Waals surface area contributed by atoms with Crippen molar-refractivity contribution >= 4 is 8.32 Å². The minimum Gasteiger partial charge on any atom is -0.416 e. The van der Waals surface area contributed by atoms with Crippen LogP contribution in [0.3, 0.4) is 0 Å². The number of aliphatic hydroxyl groups is 1. The zero-order chi connectivity index (χ0) is 12.6. The second-order valence-electron chi connectivity index (χ2n) is 6.64. The van der Waals surface area contributed by atoms with Crippen molar-refractivity contribution in [3.05, 3.63) is 0 Å². The van der Waals surface area contributed by atoms with Crippen molar-refractivity contribution in [3.63, 3.8) is 0 Å². The van der Waals surface area contributed by atoms with Gasteiger partial charge in [0.15, 0.2) is 8.32 Å². The summed E-state index contributed by atoms with van der Waals surface area (Å²) in [6, 6.07) is 0. The Bertz CT molecular complexity index is 243. The van der Waals surface area contributed by atoms with Gasteiger partial charge in [-0.15, -0.1) is 0 Å². The van der Waals surface area contributed by atoms with E-state index in [4.69, 9.17) is 9.16 Å². The van der Waals surface area contributed by atoms with E-state index in [1.54, 1.807) is 0 Å². The molecule has 96 valence electrons. The van der Waals surface area contributed by atoms with E-state index in [9.17, 15) is 5.11 Å². The van der Waals surface area contributed by atoms with E-state index in [1.807, 2.05) is 6.92 Å². The summed E-state index contributed by atoms with van der Waals surface area (Å²) in [5, 5.41) is 10.3. The van der Waals surface area contributed by atoms with E-state index < -0.39 is 13.9 Å². The molecule has 1 saturated heterocycles. The first-order chi connectivity index (χ1) is 7.06. The van der Waals surface area contributed by atoms with Crippen molar-refractivity contribution in [2.45, 2.75) is 51.4 Å². The molecule has 0 bridgehead atoms. The fraction of sp³-hybridized carbons (Fsp3) is 1.00. The third-order valence-corrected chi connectivity index (χ3v) is 8.55. The standard InChI is InChI=1S/C12H26O3Si/c1-11(2,3)16(5,6)15-8-10-7-14-9-12(10,4)13/h10,13H,7-9H2,1-6H3. The van der Waals surface area contributed by atoms with Gasteiger partial charge >= 0.3 is 0 Å². The van der Waals surface area contributed by atoms with Gasteiger partial charge in [-0.25, -0.2) is 0 Å². The van der Waals surface area contributed by atoms with Crippen LogP contribution < -0.4 is 0 Å². The minimum absolute atomic E-state index is 0.113. The van der Waals surface area contributed by atoms with Gasteiger partial charge in [0.25, 0.3) is 0 Å². The SMILES string of the molecule is CC1(O)COCC1CO[Si](C)(C)C(C)(C)C. The molecule has 0 amide bonds. The highest BCUT2D eigenvalue weighted by Gasteiger charge is 2.42. The molecular formula is C12H26O3Si. The van der Waals surface area contributed by atoms with Gasteiger partial charge in [0.05, 0.1) is 18.8 Å². The lowest BCUT2D eigenvalue weighted by atomic mass is 9.94. The molecule has 2 unspecified atom stereocenters. The summed E-state index contributed by atoms with van der Waals surface area (Å²) in [5.41, 5.74) is -0.720. The maximum atomic E-state index is 10.1. The molecule has 0 spiro atoms. The normalized spacial score (nSPS) is 32.1. The molecule has 3 nitrogen and oxygen atoms in total. The molecule has 0 aromatic rings. The van der Waals surface area contributed by atoms with Gasteiger partial charge in [-0.2, -0.15) is 0 Å². The Hall–Kier alpha value is 0.0969. The zero-order valence-corrected chi connectivity index (χ0v) is 12.5. The van der Waals surface area contributed by atoms with Gasteiger partial charge in [0.1, 0.15) is 0 Å². The summed E-state index contributed by atoms with van der Waals surface area (Å²) in [6.07, 6.45) is 0. The molecule has 1 aliphatic heterocycles. The topological polar surface area (TPSA) is 38.7 Å². The molecule has 0 saturated carbocycles. The number of hydrogen-bond donors (Lipinski definition) is 1. The monoisotopic (exact) mass is 246 g/mol. The lowest BCUT2D eigenvalue weighted by Gasteiger charge is -2.37. The van der Waals surface area contributed by atoms with Gasteiger partial charge in [0, 0.05) is 12.5 Å². The average molecular weight is 246 g/mol. The highest BCUT2D eigenvalue weighted by molar-refractivity contribution is 6.74. The Morgan fingerprint density at radius 1 is 1.44 bits per heavy atom. The maximum absolute atomic E-state index is 10.1. The lowest BCUT2D eigenvalue weighted by molar-refractivity contribution is 0.00467. The fourth-order valence-corrected chi connectivity index (χ4v) is 2.51. The number of hydrogen-bond acceptors (Lipinski definition) is 3. The first-order valence-corrected chi connectivity index (χ1v) is 8.91. The summed E-state index contributed by atoms with van der Waals surface area (Å²) in [7, 11) is -1.70. The highest BCUT2D eigenvalue weighted by atomic mass is 28.4. The fourth-order valence-electron chi connectivity index (χ4n) is 1.46. The summed E-state index contributed by atoms with van der Waals surface area (Å²) in [6.45, 7) is 14.6. The smallest absolute Gasteiger partial charge is 0.191 e. The van der Waals surface area contributed by atoms with Crippen LogP contribution in [-0.4, -0.2) is 38.8 Å². The largest absolute Gasteiger partial charge is 0.416 e. The van der Waals surface area contributed by atoms with Gasteiger partial charge in [-0.1, -0.05) is 20.8 Å². The van der Waals surface area contributed by atoms with Gasteiger partial charge in [-0.3, -0.25) is 0 Å². The number of rotatable bonds is 3. The quantitative estimate of drug-likeness (QED) is 0.777. The van der Waals surface area contributed by atoms with Crippen LogP contribution in [0, 0.1) is 5.92 Å². The molecular weight excluding hydrogens is 220 g/mol. The Kier molecular flexibility index (Phi) is 3.90. The van der Waals surface area contributed by atoms with Crippen LogP contribution in [-0.2, 0) is 9.16 Å². The Morgan fingerprint density at radius 2 is 2.00 bits per heavy atom. The van der Waals surface area contributed by atoms with Crippen molar-refractivity contribution in [1.29, 1.82) is 0 Å². The molecule has 0 aromatic heterocycles. The molecule has 1 aliphatic rings. The maximum Gasteiger partial charge on any atom is 0.191 e. The van der Waals surface area contributed by atoms with E-state index in [2.05, 4.69) is 33.9 Å². The second-order valence-corrected chi connectivity index (χ2v) is 11.4. The van der Waals surface area contributed by atoms with Crippen LogP contribution >= 0.6 is 0 Å². The van der Waals surface area contributed by atoms with E-state index in [0.29, 0.717) is 19.8 Å². The molecule has 1 N–H and O–H groups in total. The van der Waals surface area contributed by atoms with Crippen molar-refractivity contribution < 1.29 is 14.3 Å². The van der Waals surface area contributed by atoms with Gasteiger partial charge in [0.2, 0.25) is 0 Å². The van der Waals surface area contributed by atoms with Crippen molar-refractivity contribution in [3.8, 4) is 0 Å². The van der Waals surface area contributed by atoms with Crippen molar-refractivity contribution in [2.75, 3.05) is 19.8 Å². The zero-order valence-electron chi connectivity index (χ0n) is 11.5. The molecule has 1 heterocycles. The van der Waals surface area contributed by atoms with Crippen LogP contribution in [0.1, 0.15) is 27.7 Å². The first kappa shape index (κ1) is 14.2. The first-order valence-electron chi connectivity index (χ1n) is 6.00. The highest BCUT2D eigenvalue weighted by Crippen LogP contribution is 2.37. The third-order valence-electron chi connectivity index (χ3n) is 4.04. The van der Waals surface area contributed by atoms with Crippen LogP contribution in [0.2, 0.25) is 18.1 Å². The summed E-state index contributed by atoms with van der Waals surface area (Å²) in [5.74, 6) is 0.113. The predicted octanol–water partition coefficient (Wildman–Crippen LogP) is 2.41. The molecule has 4 heteroatoms. The van der Waals surface area contributed by atoms with Crippen LogP contribution in [0.5, 0.6) is 0 Å². The molecule has 2 atom stereocenters. The molecule has 1 fully saturated rings. The van der Waals surface area contributed by atoms with E-state index in [1.165, 1.54) is 0 Å². The Morgan fingerprint density at radius 3 is 2.38 bits per heavy atom. The van der Waals surface area contributed by atoms with Crippen molar-refractivity contribution in [1.82, 2.24) is 0 Å². The average Bonchev–Trinajstić information content (AvgIpc) is 2.39. The van der Waals surface area contributed by atoms with Crippen LogP contribution in [0.25, 0.3) is 0 Å². The summed E-state index contributed by atoms with van der Waals surface area (Å²) >= 11 is 0. The van der Waals surface area contributed by atoms with E-state index in [-0.39, 0.29) is 11.0 Å². The molecule has 1 rings (SSSR count).